The van der Waals surface area contributed by atoms with E-state index in [0.717, 1.165) is 26.7 Å². The van der Waals surface area contributed by atoms with E-state index < -0.39 is 6.10 Å². The average Bonchev–Trinajstić information content (AvgIpc) is 2.41. The van der Waals surface area contributed by atoms with Crippen molar-refractivity contribution < 1.29 is 5.11 Å². The first kappa shape index (κ1) is 15.2. The maximum Gasteiger partial charge on any atom is 0.0876 e. The number of hydrogen-bond donors (Lipinski definition) is 2. The van der Waals surface area contributed by atoms with Crippen LogP contribution in [0.25, 0.3) is 0 Å². The molecule has 3 N–H and O–H groups in total. The number of hydrogen-bond acceptors (Lipinski definition) is 2. The Kier molecular flexibility index (Phi) is 4.97. The van der Waals surface area contributed by atoms with Crippen molar-refractivity contribution in [1.82, 2.24) is 0 Å². The molecule has 0 fully saturated rings. The summed E-state index contributed by atoms with van der Waals surface area (Å²) in [6.45, 7) is 4.45. The second kappa shape index (κ2) is 6.53. The summed E-state index contributed by atoms with van der Waals surface area (Å²) in [7, 11) is 0. The molecule has 0 heterocycles. The molecule has 0 aliphatic carbocycles. The van der Waals surface area contributed by atoms with Crippen LogP contribution in [-0.2, 0) is 0 Å². The highest BCUT2D eigenvalue weighted by atomic mass is 79.9. The van der Waals surface area contributed by atoms with Crippen LogP contribution in [0.2, 0.25) is 0 Å². The number of rotatable bonds is 4. The number of aryl methyl sites for hydroxylation is 2. The third kappa shape index (κ3) is 2.95. The van der Waals surface area contributed by atoms with E-state index >= 15 is 0 Å². The van der Waals surface area contributed by atoms with Crippen LogP contribution in [0, 0.1) is 13.8 Å². The van der Waals surface area contributed by atoms with Gasteiger partial charge in [-0.15, -0.1) is 0 Å². The van der Waals surface area contributed by atoms with E-state index in [0.29, 0.717) is 6.54 Å². The van der Waals surface area contributed by atoms with Crippen molar-refractivity contribution in [3.8, 4) is 0 Å². The Labute approximate surface area is 128 Å². The lowest BCUT2D eigenvalue weighted by Gasteiger charge is -2.26. The molecule has 2 rings (SSSR count). The van der Waals surface area contributed by atoms with Crippen LogP contribution in [0.4, 0.5) is 0 Å². The van der Waals surface area contributed by atoms with E-state index in [1.807, 2.05) is 56.3 Å². The third-order valence-corrected chi connectivity index (χ3v) is 4.50. The Morgan fingerprint density at radius 3 is 2.20 bits per heavy atom. The summed E-state index contributed by atoms with van der Waals surface area (Å²) in [5.41, 5.74) is 10.2. The van der Waals surface area contributed by atoms with Crippen molar-refractivity contribution in [2.75, 3.05) is 6.54 Å². The monoisotopic (exact) mass is 333 g/mol. The molecule has 0 saturated heterocycles. The van der Waals surface area contributed by atoms with Crippen molar-refractivity contribution in [3.05, 3.63) is 69.2 Å². The number of benzene rings is 2. The largest absolute Gasteiger partial charge is 0.388 e. The molecule has 20 heavy (non-hydrogen) atoms. The molecule has 0 aromatic heterocycles. The summed E-state index contributed by atoms with van der Waals surface area (Å²) >= 11 is 3.55. The van der Waals surface area contributed by atoms with Gasteiger partial charge in [0, 0.05) is 16.9 Å². The van der Waals surface area contributed by atoms with Gasteiger partial charge in [0.25, 0.3) is 0 Å². The molecule has 2 nitrogen and oxygen atoms in total. The Morgan fingerprint density at radius 2 is 1.65 bits per heavy atom. The van der Waals surface area contributed by atoms with Crippen molar-refractivity contribution in [1.29, 1.82) is 0 Å². The maximum absolute atomic E-state index is 10.8. The predicted octanol–water partition coefficient (Wildman–Crippen LogP) is 3.84. The molecule has 2 atom stereocenters. The van der Waals surface area contributed by atoms with Crippen LogP contribution in [-0.4, -0.2) is 11.7 Å². The van der Waals surface area contributed by atoms with Gasteiger partial charge in [-0.2, -0.15) is 0 Å². The standard InChI is InChI=1S/C17H20BrNO/c1-11-6-5-7-12(2)16(11)17(20)14(10-19)13-8-3-4-9-15(13)18/h3-9,14,17,20H,10,19H2,1-2H3. The molecular weight excluding hydrogens is 314 g/mol. The highest BCUT2D eigenvalue weighted by Crippen LogP contribution is 2.36. The highest BCUT2D eigenvalue weighted by molar-refractivity contribution is 9.10. The smallest absolute Gasteiger partial charge is 0.0876 e. The fourth-order valence-corrected chi connectivity index (χ4v) is 3.28. The van der Waals surface area contributed by atoms with Crippen LogP contribution >= 0.6 is 15.9 Å². The second-order valence-corrected chi connectivity index (χ2v) is 5.97. The summed E-state index contributed by atoms with van der Waals surface area (Å²) < 4.78 is 0.987. The molecule has 2 aromatic carbocycles. The minimum atomic E-state index is -0.597. The minimum Gasteiger partial charge on any atom is -0.388 e. The molecule has 2 unspecified atom stereocenters. The fraction of sp³-hybridized carbons (Fsp3) is 0.294. The molecule has 106 valence electrons. The van der Waals surface area contributed by atoms with Gasteiger partial charge in [0.15, 0.2) is 0 Å². The predicted molar refractivity (Wildman–Crippen MR) is 86.8 cm³/mol. The van der Waals surface area contributed by atoms with Crippen LogP contribution in [0.3, 0.4) is 0 Å². The zero-order chi connectivity index (χ0) is 14.7. The topological polar surface area (TPSA) is 46.2 Å². The van der Waals surface area contributed by atoms with Crippen molar-refractivity contribution in [2.45, 2.75) is 25.9 Å². The summed E-state index contributed by atoms with van der Waals surface area (Å²) in [4.78, 5) is 0. The Balaban J connectivity index is 2.45. The van der Waals surface area contributed by atoms with E-state index in [1.54, 1.807) is 0 Å². The van der Waals surface area contributed by atoms with Crippen molar-refractivity contribution in [2.24, 2.45) is 5.73 Å². The minimum absolute atomic E-state index is 0.120. The van der Waals surface area contributed by atoms with Crippen LogP contribution < -0.4 is 5.73 Å². The summed E-state index contributed by atoms with van der Waals surface area (Å²) in [6.07, 6.45) is -0.597. The zero-order valence-corrected chi connectivity index (χ0v) is 13.4. The Hall–Kier alpha value is -1.16. The zero-order valence-electron chi connectivity index (χ0n) is 11.8. The van der Waals surface area contributed by atoms with Gasteiger partial charge in [-0.3, -0.25) is 0 Å². The molecule has 0 radical (unpaired) electrons. The van der Waals surface area contributed by atoms with Gasteiger partial charge in [0.2, 0.25) is 0 Å². The van der Waals surface area contributed by atoms with Crippen LogP contribution in [0.15, 0.2) is 46.9 Å². The molecule has 0 bridgehead atoms. The molecule has 3 heteroatoms. The highest BCUT2D eigenvalue weighted by Gasteiger charge is 2.25. The third-order valence-electron chi connectivity index (χ3n) is 3.78. The number of aliphatic hydroxyl groups is 1. The first-order chi connectivity index (χ1) is 9.56. The van der Waals surface area contributed by atoms with Gasteiger partial charge in [-0.25, -0.2) is 0 Å². The second-order valence-electron chi connectivity index (χ2n) is 5.11. The Bertz CT molecular complexity index is 577. The fourth-order valence-electron chi connectivity index (χ4n) is 2.70. The SMILES string of the molecule is Cc1cccc(C)c1C(O)C(CN)c1ccccc1Br. The normalized spacial score (nSPS) is 14.1. The van der Waals surface area contributed by atoms with Gasteiger partial charge in [0.1, 0.15) is 0 Å². The van der Waals surface area contributed by atoms with E-state index in [1.165, 1.54) is 0 Å². The number of halogens is 1. The van der Waals surface area contributed by atoms with Gasteiger partial charge in [0.05, 0.1) is 6.10 Å². The lowest BCUT2D eigenvalue weighted by molar-refractivity contribution is 0.146. The molecule has 0 aliphatic rings. The molecule has 0 aliphatic heterocycles. The van der Waals surface area contributed by atoms with Gasteiger partial charge < -0.3 is 10.8 Å². The van der Waals surface area contributed by atoms with Gasteiger partial charge in [-0.1, -0.05) is 52.3 Å². The quantitative estimate of drug-likeness (QED) is 0.892. The van der Waals surface area contributed by atoms with E-state index in [9.17, 15) is 5.11 Å². The molecule has 0 spiro atoms. The summed E-state index contributed by atoms with van der Waals surface area (Å²) in [5.74, 6) is -0.120. The van der Waals surface area contributed by atoms with Crippen LogP contribution in [0.1, 0.15) is 34.3 Å². The molecule has 0 amide bonds. The van der Waals surface area contributed by atoms with Gasteiger partial charge in [-0.05, 0) is 42.2 Å². The lowest BCUT2D eigenvalue weighted by Crippen LogP contribution is -2.21. The summed E-state index contributed by atoms with van der Waals surface area (Å²) in [6, 6.07) is 14.0. The molecule has 2 aromatic rings. The first-order valence-corrected chi connectivity index (χ1v) is 7.54. The molecule has 0 saturated carbocycles. The average molecular weight is 334 g/mol. The van der Waals surface area contributed by atoms with Crippen LogP contribution in [0.5, 0.6) is 0 Å². The number of nitrogens with two attached hydrogens (primary N) is 1. The van der Waals surface area contributed by atoms with Crippen molar-refractivity contribution in [3.63, 3.8) is 0 Å². The first-order valence-electron chi connectivity index (χ1n) is 6.75. The van der Waals surface area contributed by atoms with Gasteiger partial charge >= 0.3 is 0 Å². The van der Waals surface area contributed by atoms with E-state index in [-0.39, 0.29) is 5.92 Å². The maximum atomic E-state index is 10.8. The lowest BCUT2D eigenvalue weighted by atomic mass is 9.85. The molecular formula is C17H20BrNO. The van der Waals surface area contributed by atoms with E-state index in [2.05, 4.69) is 15.9 Å². The number of aliphatic hydroxyl groups excluding tert-OH is 1. The van der Waals surface area contributed by atoms with Crippen molar-refractivity contribution >= 4 is 15.9 Å². The van der Waals surface area contributed by atoms with E-state index in [4.69, 9.17) is 5.73 Å². The summed E-state index contributed by atoms with van der Waals surface area (Å²) in [5, 5.41) is 10.8. The Morgan fingerprint density at radius 1 is 1.05 bits per heavy atom.